The van der Waals surface area contributed by atoms with Gasteiger partial charge in [-0.25, -0.2) is 5.43 Å². The zero-order valence-electron chi connectivity index (χ0n) is 11.8. The van der Waals surface area contributed by atoms with E-state index in [1.165, 1.54) is 5.43 Å². The predicted octanol–water partition coefficient (Wildman–Crippen LogP) is 0.0402. The minimum atomic E-state index is -4.81. The van der Waals surface area contributed by atoms with Crippen molar-refractivity contribution >= 4 is 61.7 Å². The number of hydrazone groups is 1. The first-order valence-electron chi connectivity index (χ1n) is 5.51. The van der Waals surface area contributed by atoms with E-state index in [1.807, 2.05) is 0 Å². The Morgan fingerprint density at radius 1 is 1.17 bits per heavy atom. The quantitative estimate of drug-likeness (QED) is 0.241. The molecule has 1 heterocycles. The summed E-state index contributed by atoms with van der Waals surface area (Å²) in [5, 5.41) is 4.66. The zero-order valence-corrected chi connectivity index (χ0v) is 15.4. The first kappa shape index (κ1) is 20.8. The minimum Gasteiger partial charge on any atom is -0.349 e. The first-order chi connectivity index (χ1) is 10.5. The van der Waals surface area contributed by atoms with Gasteiger partial charge in [-0.15, -0.1) is 5.10 Å². The summed E-state index contributed by atoms with van der Waals surface area (Å²) in [5.41, 5.74) is 0.344. The fraction of sp³-hybridized carbons (Fsp3) is 0. The average Bonchev–Trinajstić information content (AvgIpc) is 2.39. The molecule has 10 nitrogen and oxygen atoms in total. The number of anilines is 1. The van der Waals surface area contributed by atoms with Gasteiger partial charge >= 0.3 is 0 Å². The summed E-state index contributed by atoms with van der Waals surface area (Å²) in [4.78, 5) is -1.53. The SMILES string of the molecule is O=S(=O)(O)c1ccc(S(=O)(=O)O)c(NC2=C(F)NN(F)N=C2)c1.[Na]. The van der Waals surface area contributed by atoms with Crippen LogP contribution >= 0.6 is 0 Å². The van der Waals surface area contributed by atoms with Gasteiger partial charge in [-0.05, 0) is 23.5 Å². The van der Waals surface area contributed by atoms with Gasteiger partial charge in [0.2, 0.25) is 5.95 Å². The third kappa shape index (κ3) is 4.85. The molecule has 1 radical (unpaired) electrons. The molecule has 0 saturated heterocycles. The van der Waals surface area contributed by atoms with Crippen LogP contribution in [0.3, 0.4) is 0 Å². The molecule has 0 atom stereocenters. The van der Waals surface area contributed by atoms with Gasteiger partial charge in [0.05, 0.1) is 16.8 Å². The fourth-order valence-corrected chi connectivity index (χ4v) is 2.69. The Hall–Kier alpha value is -1.29. The smallest absolute Gasteiger partial charge is 0.296 e. The van der Waals surface area contributed by atoms with Crippen LogP contribution < -0.4 is 10.7 Å². The van der Waals surface area contributed by atoms with Gasteiger partial charge in [-0.1, -0.05) is 4.48 Å². The summed E-state index contributed by atoms with van der Waals surface area (Å²) in [6.07, 6.45) is 0.625. The maximum absolute atomic E-state index is 13.5. The Kier molecular flexibility index (Phi) is 6.31. The molecule has 127 valence electrons. The molecule has 2 rings (SSSR count). The summed E-state index contributed by atoms with van der Waals surface area (Å²) in [5.74, 6) is -1.30. The molecule has 0 aliphatic carbocycles. The molecule has 0 saturated carbocycles. The Bertz CT molecular complexity index is 918. The van der Waals surface area contributed by atoms with Crippen molar-refractivity contribution in [3.8, 4) is 0 Å². The van der Waals surface area contributed by atoms with Crippen LogP contribution in [0.25, 0.3) is 0 Å². The van der Waals surface area contributed by atoms with E-state index in [0.29, 0.717) is 24.4 Å². The molecule has 1 aromatic rings. The summed E-state index contributed by atoms with van der Waals surface area (Å²) < 4.78 is 88.8. The molecule has 24 heavy (non-hydrogen) atoms. The number of allylic oxidation sites excluding steroid dienone is 1. The second kappa shape index (κ2) is 7.30. The summed E-state index contributed by atoms with van der Waals surface area (Å²) in [7, 11) is -9.50. The van der Waals surface area contributed by atoms with Crippen molar-refractivity contribution in [1.29, 1.82) is 0 Å². The summed E-state index contributed by atoms with van der Waals surface area (Å²) >= 11 is 0. The van der Waals surface area contributed by atoms with E-state index in [4.69, 9.17) is 9.11 Å². The number of hydrogen-bond acceptors (Lipinski definition) is 8. The molecule has 1 aromatic carbocycles. The van der Waals surface area contributed by atoms with Gasteiger partial charge in [0, 0.05) is 29.6 Å². The molecular formula is C9H8F2N4NaO6S2. The predicted molar refractivity (Wildman–Crippen MR) is 78.2 cm³/mol. The Morgan fingerprint density at radius 2 is 1.79 bits per heavy atom. The molecule has 0 amide bonds. The van der Waals surface area contributed by atoms with Crippen LogP contribution in [0.4, 0.5) is 14.6 Å². The molecule has 1 aliphatic rings. The minimum absolute atomic E-state index is 0. The van der Waals surface area contributed by atoms with Crippen molar-refractivity contribution in [2.75, 3.05) is 5.32 Å². The van der Waals surface area contributed by atoms with Gasteiger partial charge in [-0.2, -0.15) is 21.2 Å². The standard InChI is InChI=1S/C9H8F2N4O6S2.Na/c10-9-7(4-12-15(11)14-9)13-6-3-5(22(16,17)18)1-2-8(6)23(19,20)21;/h1-4,13-14H,(H,16,17,18)(H,19,20,21);. The van der Waals surface area contributed by atoms with Gasteiger partial charge in [0.25, 0.3) is 20.2 Å². The monoisotopic (exact) mass is 393 g/mol. The van der Waals surface area contributed by atoms with E-state index in [-0.39, 0.29) is 29.6 Å². The van der Waals surface area contributed by atoms with Crippen LogP contribution in [0, 0.1) is 0 Å². The molecule has 1 aliphatic heterocycles. The third-order valence-electron chi connectivity index (χ3n) is 2.51. The third-order valence-corrected chi connectivity index (χ3v) is 4.27. The van der Waals surface area contributed by atoms with Crippen LogP contribution in [0.1, 0.15) is 0 Å². The van der Waals surface area contributed by atoms with Crippen molar-refractivity contribution in [3.05, 3.63) is 29.8 Å². The summed E-state index contributed by atoms with van der Waals surface area (Å²) in [6, 6.07) is 2.02. The number of nitrogens with zero attached hydrogens (tertiary/aromatic N) is 2. The Morgan fingerprint density at radius 3 is 2.29 bits per heavy atom. The summed E-state index contributed by atoms with van der Waals surface area (Å²) in [6.45, 7) is 0. The number of rotatable bonds is 4. The Labute approximate surface area is 156 Å². The van der Waals surface area contributed by atoms with Crippen molar-refractivity contribution < 1.29 is 34.8 Å². The molecule has 0 spiro atoms. The van der Waals surface area contributed by atoms with Crippen LogP contribution in [0.15, 0.2) is 44.7 Å². The average molecular weight is 393 g/mol. The van der Waals surface area contributed by atoms with Crippen molar-refractivity contribution in [1.82, 2.24) is 10.8 Å². The number of benzene rings is 1. The van der Waals surface area contributed by atoms with Crippen LogP contribution in [-0.4, -0.2) is 67.1 Å². The van der Waals surface area contributed by atoms with E-state index in [9.17, 15) is 25.7 Å². The molecular weight excluding hydrogens is 385 g/mol. The topological polar surface area (TPSA) is 148 Å². The maximum Gasteiger partial charge on any atom is 0.296 e. The number of nitrogens with one attached hydrogen (secondary N) is 2. The van der Waals surface area contributed by atoms with Gasteiger partial charge in [0.15, 0.2) is 0 Å². The fourth-order valence-electron chi connectivity index (χ4n) is 1.56. The normalized spacial score (nSPS) is 14.9. The van der Waals surface area contributed by atoms with Crippen LogP contribution in [-0.2, 0) is 20.2 Å². The second-order valence-electron chi connectivity index (χ2n) is 4.08. The van der Waals surface area contributed by atoms with Gasteiger partial charge in [-0.3, -0.25) is 9.11 Å². The maximum atomic E-state index is 13.5. The Balaban J connectivity index is 0.00000288. The van der Waals surface area contributed by atoms with E-state index in [0.717, 1.165) is 0 Å². The second-order valence-corrected chi connectivity index (χ2v) is 6.89. The molecule has 0 unspecified atom stereocenters. The number of hydrazine groups is 1. The first-order valence-corrected chi connectivity index (χ1v) is 8.39. The molecule has 15 heteroatoms. The van der Waals surface area contributed by atoms with E-state index in [2.05, 4.69) is 10.4 Å². The van der Waals surface area contributed by atoms with Crippen LogP contribution in [0.2, 0.25) is 0 Å². The van der Waals surface area contributed by atoms with Crippen molar-refractivity contribution in [2.24, 2.45) is 5.10 Å². The van der Waals surface area contributed by atoms with Crippen molar-refractivity contribution in [3.63, 3.8) is 0 Å². The van der Waals surface area contributed by atoms with Crippen molar-refractivity contribution in [2.45, 2.75) is 9.79 Å². The van der Waals surface area contributed by atoms with Gasteiger partial charge in [0.1, 0.15) is 10.6 Å². The molecule has 4 N–H and O–H groups in total. The largest absolute Gasteiger partial charge is 0.349 e. The van der Waals surface area contributed by atoms with E-state index in [1.54, 1.807) is 0 Å². The van der Waals surface area contributed by atoms with Gasteiger partial charge < -0.3 is 5.32 Å². The number of halogens is 2. The molecule has 0 aromatic heterocycles. The van der Waals surface area contributed by atoms with E-state index < -0.39 is 52.7 Å². The zero-order chi connectivity index (χ0) is 17.4. The van der Waals surface area contributed by atoms with Crippen LogP contribution in [0.5, 0.6) is 0 Å². The molecule has 0 fully saturated rings. The van der Waals surface area contributed by atoms with E-state index >= 15 is 0 Å². The molecule has 0 bridgehead atoms. The number of hydrogen-bond donors (Lipinski definition) is 4.